The Morgan fingerprint density at radius 3 is 2.80 bits per heavy atom. The van der Waals surface area contributed by atoms with E-state index in [9.17, 15) is 4.39 Å². The molecule has 102 valence electrons. The lowest BCUT2D eigenvalue weighted by Crippen LogP contribution is -2.05. The second-order valence-corrected chi connectivity index (χ2v) is 5.18. The highest BCUT2D eigenvalue weighted by Gasteiger charge is 2.11. The molecule has 2 aromatic carbocycles. The summed E-state index contributed by atoms with van der Waals surface area (Å²) >= 11 is 3.09. The van der Waals surface area contributed by atoms with Gasteiger partial charge in [0.05, 0.1) is 15.7 Å². The van der Waals surface area contributed by atoms with Gasteiger partial charge in [-0.05, 0) is 52.2 Å². The van der Waals surface area contributed by atoms with Crippen LogP contribution in [-0.2, 0) is 6.54 Å². The number of hydrogen-bond acceptors (Lipinski definition) is 3. The van der Waals surface area contributed by atoms with Gasteiger partial charge >= 0.3 is 0 Å². The molecule has 0 heterocycles. The molecule has 0 saturated carbocycles. The Morgan fingerprint density at radius 1 is 1.35 bits per heavy atom. The Hall–Kier alpha value is -2.06. The standard InChI is InChI=1S/C15H13BrFN3/c1-9-11(3-2-4-12(9)19)8-20-13-6-5-10(7-18)14(16)15(13)17/h2-6,20H,8,19H2,1H3. The highest BCUT2D eigenvalue weighted by atomic mass is 79.9. The first-order chi connectivity index (χ1) is 9.54. The number of benzene rings is 2. The maximum atomic E-state index is 14.0. The van der Waals surface area contributed by atoms with E-state index in [4.69, 9.17) is 11.0 Å². The van der Waals surface area contributed by atoms with Crippen LogP contribution in [0.15, 0.2) is 34.8 Å². The Balaban J connectivity index is 2.22. The van der Waals surface area contributed by atoms with E-state index in [1.807, 2.05) is 31.2 Å². The molecule has 2 rings (SSSR count). The van der Waals surface area contributed by atoms with Crippen LogP contribution in [0.1, 0.15) is 16.7 Å². The van der Waals surface area contributed by atoms with Crippen LogP contribution >= 0.6 is 15.9 Å². The monoisotopic (exact) mass is 333 g/mol. The number of anilines is 2. The molecular weight excluding hydrogens is 321 g/mol. The van der Waals surface area contributed by atoms with Crippen molar-refractivity contribution in [3.05, 3.63) is 57.3 Å². The molecular formula is C15H13BrFN3. The van der Waals surface area contributed by atoms with E-state index in [2.05, 4.69) is 21.2 Å². The number of nitriles is 1. The summed E-state index contributed by atoms with van der Waals surface area (Å²) in [6.45, 7) is 2.39. The van der Waals surface area contributed by atoms with Crippen molar-refractivity contribution >= 4 is 27.3 Å². The topological polar surface area (TPSA) is 61.8 Å². The second kappa shape index (κ2) is 5.93. The number of nitrogens with zero attached hydrogens (tertiary/aromatic N) is 1. The van der Waals surface area contributed by atoms with Crippen LogP contribution in [0, 0.1) is 24.1 Å². The summed E-state index contributed by atoms with van der Waals surface area (Å²) in [4.78, 5) is 0. The minimum atomic E-state index is -0.467. The van der Waals surface area contributed by atoms with E-state index in [-0.39, 0.29) is 10.0 Å². The molecule has 5 heteroatoms. The van der Waals surface area contributed by atoms with E-state index >= 15 is 0 Å². The molecule has 0 fully saturated rings. The smallest absolute Gasteiger partial charge is 0.161 e. The van der Waals surface area contributed by atoms with E-state index in [1.165, 1.54) is 0 Å². The summed E-state index contributed by atoms with van der Waals surface area (Å²) in [6.07, 6.45) is 0. The van der Waals surface area contributed by atoms with Crippen molar-refractivity contribution in [3.8, 4) is 6.07 Å². The van der Waals surface area contributed by atoms with Gasteiger partial charge in [-0.15, -0.1) is 0 Å². The Labute approximate surface area is 125 Å². The predicted molar refractivity (Wildman–Crippen MR) is 81.7 cm³/mol. The normalized spacial score (nSPS) is 10.1. The van der Waals surface area contributed by atoms with E-state index in [0.29, 0.717) is 17.9 Å². The van der Waals surface area contributed by atoms with Crippen molar-refractivity contribution in [3.63, 3.8) is 0 Å². The maximum Gasteiger partial charge on any atom is 0.161 e. The zero-order valence-corrected chi connectivity index (χ0v) is 12.5. The minimum Gasteiger partial charge on any atom is -0.399 e. The Bertz CT molecular complexity index is 692. The lowest BCUT2D eigenvalue weighted by Gasteiger charge is -2.12. The third-order valence-electron chi connectivity index (χ3n) is 3.16. The highest BCUT2D eigenvalue weighted by molar-refractivity contribution is 9.10. The fourth-order valence-corrected chi connectivity index (χ4v) is 2.29. The van der Waals surface area contributed by atoms with E-state index in [1.54, 1.807) is 12.1 Å². The van der Waals surface area contributed by atoms with Gasteiger partial charge in [0.25, 0.3) is 0 Å². The zero-order chi connectivity index (χ0) is 14.7. The summed E-state index contributed by atoms with van der Waals surface area (Å²) in [6, 6.07) is 10.7. The molecule has 0 radical (unpaired) electrons. The zero-order valence-electron chi connectivity index (χ0n) is 10.9. The fraction of sp³-hybridized carbons (Fsp3) is 0.133. The summed E-state index contributed by atoms with van der Waals surface area (Å²) in [5, 5.41) is 11.8. The molecule has 0 unspecified atom stereocenters. The molecule has 0 amide bonds. The molecule has 0 saturated heterocycles. The number of nitrogens with one attached hydrogen (secondary N) is 1. The third-order valence-corrected chi connectivity index (χ3v) is 3.94. The van der Waals surface area contributed by atoms with Crippen molar-refractivity contribution < 1.29 is 4.39 Å². The number of nitrogen functional groups attached to an aromatic ring is 1. The van der Waals surface area contributed by atoms with Gasteiger partial charge in [-0.25, -0.2) is 4.39 Å². The lowest BCUT2D eigenvalue weighted by molar-refractivity contribution is 0.623. The van der Waals surface area contributed by atoms with Crippen LogP contribution in [0.3, 0.4) is 0 Å². The Morgan fingerprint density at radius 2 is 2.10 bits per heavy atom. The lowest BCUT2D eigenvalue weighted by atomic mass is 10.1. The molecule has 0 aromatic heterocycles. The van der Waals surface area contributed by atoms with Gasteiger partial charge in [0, 0.05) is 12.2 Å². The molecule has 0 atom stereocenters. The van der Waals surface area contributed by atoms with Crippen LogP contribution in [0.25, 0.3) is 0 Å². The van der Waals surface area contributed by atoms with Gasteiger partial charge in [0.2, 0.25) is 0 Å². The van der Waals surface area contributed by atoms with Gasteiger partial charge in [-0.2, -0.15) is 5.26 Å². The summed E-state index contributed by atoms with van der Waals surface area (Å²) in [5.74, 6) is -0.467. The van der Waals surface area contributed by atoms with Crippen LogP contribution in [0.2, 0.25) is 0 Å². The number of halogens is 2. The van der Waals surface area contributed by atoms with Gasteiger partial charge in [-0.3, -0.25) is 0 Å². The van der Waals surface area contributed by atoms with Gasteiger partial charge in [-0.1, -0.05) is 12.1 Å². The SMILES string of the molecule is Cc1c(N)cccc1CNc1ccc(C#N)c(Br)c1F. The minimum absolute atomic E-state index is 0.175. The van der Waals surface area contributed by atoms with Crippen LogP contribution in [-0.4, -0.2) is 0 Å². The third kappa shape index (κ3) is 2.75. The van der Waals surface area contributed by atoms with Crippen molar-refractivity contribution in [2.45, 2.75) is 13.5 Å². The van der Waals surface area contributed by atoms with E-state index in [0.717, 1.165) is 11.1 Å². The van der Waals surface area contributed by atoms with Crippen molar-refractivity contribution in [2.75, 3.05) is 11.1 Å². The van der Waals surface area contributed by atoms with Crippen molar-refractivity contribution in [1.29, 1.82) is 5.26 Å². The summed E-state index contributed by atoms with van der Waals surface area (Å²) in [7, 11) is 0. The average molecular weight is 334 g/mol. The van der Waals surface area contributed by atoms with Crippen molar-refractivity contribution in [2.24, 2.45) is 0 Å². The van der Waals surface area contributed by atoms with Gasteiger partial charge < -0.3 is 11.1 Å². The predicted octanol–water partition coefficient (Wildman–Crippen LogP) is 3.96. The fourth-order valence-electron chi connectivity index (χ4n) is 1.86. The number of nitrogens with two attached hydrogens (primary N) is 1. The van der Waals surface area contributed by atoms with Crippen LogP contribution < -0.4 is 11.1 Å². The molecule has 2 aromatic rings. The largest absolute Gasteiger partial charge is 0.399 e. The quantitative estimate of drug-likeness (QED) is 0.835. The first-order valence-electron chi connectivity index (χ1n) is 6.00. The molecule has 20 heavy (non-hydrogen) atoms. The summed E-state index contributed by atoms with van der Waals surface area (Å²) < 4.78 is 14.2. The van der Waals surface area contributed by atoms with Crippen molar-refractivity contribution in [1.82, 2.24) is 0 Å². The van der Waals surface area contributed by atoms with Crippen LogP contribution in [0.4, 0.5) is 15.8 Å². The van der Waals surface area contributed by atoms with Gasteiger partial charge in [0.15, 0.2) is 5.82 Å². The molecule has 0 aliphatic heterocycles. The highest BCUT2D eigenvalue weighted by Crippen LogP contribution is 2.27. The molecule has 0 aliphatic rings. The maximum absolute atomic E-state index is 14.0. The number of rotatable bonds is 3. The second-order valence-electron chi connectivity index (χ2n) is 4.39. The molecule has 0 aliphatic carbocycles. The van der Waals surface area contributed by atoms with Crippen LogP contribution in [0.5, 0.6) is 0 Å². The number of hydrogen-bond donors (Lipinski definition) is 2. The van der Waals surface area contributed by atoms with E-state index < -0.39 is 5.82 Å². The Kier molecular flexibility index (Phi) is 4.26. The molecule has 3 N–H and O–H groups in total. The summed E-state index contributed by atoms with van der Waals surface area (Å²) in [5.41, 5.74) is 9.15. The molecule has 0 spiro atoms. The first-order valence-corrected chi connectivity index (χ1v) is 6.80. The molecule has 3 nitrogen and oxygen atoms in total. The first kappa shape index (κ1) is 14.4. The van der Waals surface area contributed by atoms with Gasteiger partial charge in [0.1, 0.15) is 6.07 Å². The molecule has 0 bridgehead atoms. The average Bonchev–Trinajstić information content (AvgIpc) is 2.44.